The highest BCUT2D eigenvalue weighted by atomic mass is 79.9. The minimum Gasteiger partial charge on any atom is -0.497 e. The van der Waals surface area contributed by atoms with Crippen LogP contribution in [0.15, 0.2) is 82.9 Å². The van der Waals surface area contributed by atoms with Gasteiger partial charge in [0.05, 0.1) is 12.8 Å². The molecule has 186 valence electrons. The molecule has 1 aliphatic rings. The van der Waals surface area contributed by atoms with E-state index < -0.39 is 23.8 Å². The number of halogens is 2. The van der Waals surface area contributed by atoms with Crippen molar-refractivity contribution in [2.45, 2.75) is 0 Å². The van der Waals surface area contributed by atoms with E-state index in [-0.39, 0.29) is 22.6 Å². The second kappa shape index (κ2) is 11.2. The molecule has 4 rings (SSSR count). The number of rotatable bonds is 6. The standard InChI is InChI=1S/C27H18BrClN2O6/c1-36-21-4-2-3-20(15-21)31-26(34)22(25(33)30-27(31)35)14-17-13-18(28)8-11-23(17)37-24(32)12-7-16-5-9-19(29)10-6-16/h2-15H,1H3,(H,30,33,35)/b12-7+,22-14-. The fraction of sp³-hybridized carbons (Fsp3) is 0.0370. The summed E-state index contributed by atoms with van der Waals surface area (Å²) in [5.74, 6) is -1.87. The molecule has 8 nitrogen and oxygen atoms in total. The number of benzene rings is 3. The zero-order valence-electron chi connectivity index (χ0n) is 19.2. The van der Waals surface area contributed by atoms with E-state index in [9.17, 15) is 19.2 Å². The van der Waals surface area contributed by atoms with Crippen LogP contribution in [0.25, 0.3) is 12.2 Å². The molecule has 1 fully saturated rings. The fourth-order valence-corrected chi connectivity index (χ4v) is 3.91. The molecule has 0 aromatic heterocycles. The number of hydrogen-bond donors (Lipinski definition) is 1. The fourth-order valence-electron chi connectivity index (χ4n) is 3.40. The van der Waals surface area contributed by atoms with Gasteiger partial charge in [-0.1, -0.05) is 45.7 Å². The highest BCUT2D eigenvalue weighted by Gasteiger charge is 2.37. The Hall–Kier alpha value is -4.21. The number of amides is 4. The Morgan fingerprint density at radius 3 is 2.51 bits per heavy atom. The van der Waals surface area contributed by atoms with Gasteiger partial charge in [0, 0.05) is 27.2 Å². The quantitative estimate of drug-likeness (QED) is 0.181. The summed E-state index contributed by atoms with van der Waals surface area (Å²) in [4.78, 5) is 51.7. The van der Waals surface area contributed by atoms with Gasteiger partial charge in [0.2, 0.25) is 0 Å². The number of anilines is 1. The first-order valence-electron chi connectivity index (χ1n) is 10.8. The van der Waals surface area contributed by atoms with Crippen LogP contribution in [0.3, 0.4) is 0 Å². The number of urea groups is 1. The summed E-state index contributed by atoms with van der Waals surface area (Å²) in [5, 5.41) is 2.73. The SMILES string of the molecule is COc1cccc(N2C(=O)NC(=O)/C(=C/c3cc(Br)ccc3OC(=O)/C=C/c3ccc(Cl)cc3)C2=O)c1. The average Bonchev–Trinajstić information content (AvgIpc) is 2.87. The van der Waals surface area contributed by atoms with Gasteiger partial charge in [-0.15, -0.1) is 0 Å². The summed E-state index contributed by atoms with van der Waals surface area (Å²) in [6.45, 7) is 0. The van der Waals surface area contributed by atoms with Gasteiger partial charge in [-0.25, -0.2) is 14.5 Å². The molecule has 0 radical (unpaired) electrons. The smallest absolute Gasteiger partial charge is 0.336 e. The third-order valence-electron chi connectivity index (χ3n) is 5.18. The van der Waals surface area contributed by atoms with Crippen molar-refractivity contribution >= 4 is 69.2 Å². The molecule has 1 saturated heterocycles. The van der Waals surface area contributed by atoms with Gasteiger partial charge in [-0.3, -0.25) is 14.9 Å². The largest absolute Gasteiger partial charge is 0.497 e. The molecule has 3 aromatic rings. The third-order valence-corrected chi connectivity index (χ3v) is 5.92. The Bertz CT molecular complexity index is 1470. The van der Waals surface area contributed by atoms with Crippen molar-refractivity contribution in [3.05, 3.63) is 99.0 Å². The second-order valence-corrected chi connectivity index (χ2v) is 9.00. The van der Waals surface area contributed by atoms with Gasteiger partial charge in [-0.05, 0) is 60.2 Å². The monoisotopic (exact) mass is 580 g/mol. The summed E-state index contributed by atoms with van der Waals surface area (Å²) in [6, 6.07) is 17.0. The van der Waals surface area contributed by atoms with Crippen molar-refractivity contribution in [3.63, 3.8) is 0 Å². The number of nitrogens with one attached hydrogen (secondary N) is 1. The Kier molecular flexibility index (Phi) is 7.86. The lowest BCUT2D eigenvalue weighted by atomic mass is 10.1. The van der Waals surface area contributed by atoms with E-state index >= 15 is 0 Å². The molecule has 0 unspecified atom stereocenters. The van der Waals surface area contributed by atoms with Crippen LogP contribution in [-0.4, -0.2) is 30.9 Å². The molecule has 4 amide bonds. The van der Waals surface area contributed by atoms with Crippen LogP contribution in [-0.2, 0) is 14.4 Å². The number of esters is 1. The maximum absolute atomic E-state index is 13.2. The van der Waals surface area contributed by atoms with E-state index in [4.69, 9.17) is 21.1 Å². The Morgan fingerprint density at radius 1 is 1.03 bits per heavy atom. The third kappa shape index (κ3) is 6.14. The van der Waals surface area contributed by atoms with Crippen LogP contribution in [0.1, 0.15) is 11.1 Å². The van der Waals surface area contributed by atoms with Crippen molar-refractivity contribution in [1.29, 1.82) is 0 Å². The Labute approximate surface area is 225 Å². The number of carbonyl (C=O) groups is 4. The van der Waals surface area contributed by atoms with E-state index in [1.54, 1.807) is 54.6 Å². The van der Waals surface area contributed by atoms with Crippen LogP contribution in [0.5, 0.6) is 11.5 Å². The number of methoxy groups -OCH3 is 1. The van der Waals surface area contributed by atoms with Gasteiger partial charge < -0.3 is 9.47 Å². The topological polar surface area (TPSA) is 102 Å². The highest BCUT2D eigenvalue weighted by molar-refractivity contribution is 9.10. The van der Waals surface area contributed by atoms with Crippen molar-refractivity contribution in [1.82, 2.24) is 5.32 Å². The first-order chi connectivity index (χ1) is 17.7. The minimum absolute atomic E-state index is 0.104. The summed E-state index contributed by atoms with van der Waals surface area (Å²) in [7, 11) is 1.45. The van der Waals surface area contributed by atoms with Crippen molar-refractivity contribution in [3.8, 4) is 11.5 Å². The predicted molar refractivity (Wildman–Crippen MR) is 142 cm³/mol. The van der Waals surface area contributed by atoms with Gasteiger partial charge in [0.15, 0.2) is 0 Å². The van der Waals surface area contributed by atoms with Gasteiger partial charge in [-0.2, -0.15) is 0 Å². The molecule has 3 aromatic carbocycles. The molecule has 0 aliphatic carbocycles. The number of ether oxygens (including phenoxy) is 2. The number of barbiturate groups is 1. The molecule has 1 aliphatic heterocycles. The zero-order valence-corrected chi connectivity index (χ0v) is 21.6. The first-order valence-corrected chi connectivity index (χ1v) is 11.9. The molecule has 37 heavy (non-hydrogen) atoms. The summed E-state index contributed by atoms with van der Waals surface area (Å²) in [6.07, 6.45) is 4.06. The van der Waals surface area contributed by atoms with Crippen molar-refractivity contribution < 1.29 is 28.7 Å². The van der Waals surface area contributed by atoms with Crippen LogP contribution in [0, 0.1) is 0 Å². The normalized spacial score (nSPS) is 14.7. The predicted octanol–water partition coefficient (Wildman–Crippen LogP) is 5.40. The number of carbonyl (C=O) groups excluding carboxylic acids is 4. The van der Waals surface area contributed by atoms with Gasteiger partial charge in [0.25, 0.3) is 11.8 Å². The molecule has 0 bridgehead atoms. The molecule has 0 atom stereocenters. The number of hydrogen-bond acceptors (Lipinski definition) is 6. The van der Waals surface area contributed by atoms with Crippen LogP contribution in [0.2, 0.25) is 5.02 Å². The maximum Gasteiger partial charge on any atom is 0.336 e. The van der Waals surface area contributed by atoms with Crippen molar-refractivity contribution in [2.75, 3.05) is 12.0 Å². The minimum atomic E-state index is -0.895. The first kappa shape index (κ1) is 25.9. The van der Waals surface area contributed by atoms with Crippen LogP contribution >= 0.6 is 27.5 Å². The van der Waals surface area contributed by atoms with E-state index in [1.165, 1.54) is 37.5 Å². The van der Waals surface area contributed by atoms with E-state index in [0.29, 0.717) is 15.2 Å². The second-order valence-electron chi connectivity index (χ2n) is 7.65. The lowest BCUT2D eigenvalue weighted by Gasteiger charge is -2.26. The summed E-state index contributed by atoms with van der Waals surface area (Å²) >= 11 is 9.21. The van der Waals surface area contributed by atoms with Gasteiger partial charge in [0.1, 0.15) is 17.1 Å². The maximum atomic E-state index is 13.2. The van der Waals surface area contributed by atoms with E-state index in [1.807, 2.05) is 0 Å². The zero-order chi connectivity index (χ0) is 26.5. The highest BCUT2D eigenvalue weighted by Crippen LogP contribution is 2.29. The molecular formula is C27H18BrClN2O6. The molecule has 1 N–H and O–H groups in total. The average molecular weight is 582 g/mol. The summed E-state index contributed by atoms with van der Waals surface area (Å²) in [5.41, 5.74) is 0.898. The molecular weight excluding hydrogens is 564 g/mol. The summed E-state index contributed by atoms with van der Waals surface area (Å²) < 4.78 is 11.2. The molecule has 0 spiro atoms. The van der Waals surface area contributed by atoms with Crippen LogP contribution in [0.4, 0.5) is 10.5 Å². The van der Waals surface area contributed by atoms with E-state index in [0.717, 1.165) is 10.5 Å². The molecule has 0 saturated carbocycles. The lowest BCUT2D eigenvalue weighted by Crippen LogP contribution is -2.54. The molecule has 1 heterocycles. The van der Waals surface area contributed by atoms with Crippen LogP contribution < -0.4 is 19.7 Å². The van der Waals surface area contributed by atoms with E-state index in [2.05, 4.69) is 21.2 Å². The van der Waals surface area contributed by atoms with Gasteiger partial charge >= 0.3 is 12.0 Å². The lowest BCUT2D eigenvalue weighted by molar-refractivity contribution is -0.129. The molecule has 10 heteroatoms. The Morgan fingerprint density at radius 2 is 1.78 bits per heavy atom. The van der Waals surface area contributed by atoms with Crippen molar-refractivity contribution in [2.24, 2.45) is 0 Å². The number of nitrogens with zero attached hydrogens (tertiary/aromatic N) is 1. The number of imide groups is 2. The Balaban J connectivity index is 1.63.